The Kier molecular flexibility index (Phi) is 3.89. The van der Waals surface area contributed by atoms with Crippen molar-refractivity contribution in [2.24, 2.45) is 5.92 Å². The van der Waals surface area contributed by atoms with Gasteiger partial charge in [0.2, 0.25) is 5.89 Å². The maximum absolute atomic E-state index is 14.1. The van der Waals surface area contributed by atoms with Crippen molar-refractivity contribution in [2.75, 3.05) is 6.61 Å². The highest BCUT2D eigenvalue weighted by Crippen LogP contribution is 2.32. The number of halogens is 1. The van der Waals surface area contributed by atoms with Crippen LogP contribution in [0.3, 0.4) is 0 Å². The molecule has 1 heterocycles. The molecular weight excluding hydrogens is 341 g/mol. The van der Waals surface area contributed by atoms with Crippen LogP contribution < -0.4 is 4.74 Å². The Balaban J connectivity index is 1.48. The van der Waals surface area contributed by atoms with Gasteiger partial charge in [-0.2, -0.15) is 0 Å². The second-order valence-corrected chi connectivity index (χ2v) is 6.96. The van der Waals surface area contributed by atoms with E-state index in [0.717, 1.165) is 29.0 Å². The molecule has 0 unspecified atom stereocenters. The third-order valence-corrected chi connectivity index (χ3v) is 4.84. The molecule has 5 rings (SSSR count). The van der Waals surface area contributed by atoms with Crippen molar-refractivity contribution in [1.82, 2.24) is 4.98 Å². The van der Waals surface area contributed by atoms with E-state index in [2.05, 4.69) is 4.98 Å². The predicted molar refractivity (Wildman–Crippen MR) is 103 cm³/mol. The van der Waals surface area contributed by atoms with Gasteiger partial charge in [-0.25, -0.2) is 9.37 Å². The van der Waals surface area contributed by atoms with Crippen molar-refractivity contribution >= 4 is 11.1 Å². The molecule has 3 nitrogen and oxygen atoms in total. The summed E-state index contributed by atoms with van der Waals surface area (Å²) in [5.74, 6) is 1.81. The van der Waals surface area contributed by atoms with E-state index in [1.807, 2.05) is 48.5 Å². The molecule has 3 aromatic carbocycles. The van der Waals surface area contributed by atoms with Gasteiger partial charge >= 0.3 is 0 Å². The van der Waals surface area contributed by atoms with E-state index >= 15 is 0 Å². The molecule has 0 radical (unpaired) electrons. The van der Waals surface area contributed by atoms with E-state index in [9.17, 15) is 4.39 Å². The topological polar surface area (TPSA) is 35.3 Å². The average molecular weight is 359 g/mol. The molecule has 1 aromatic heterocycles. The summed E-state index contributed by atoms with van der Waals surface area (Å²) in [4.78, 5) is 4.57. The molecule has 0 spiro atoms. The van der Waals surface area contributed by atoms with E-state index in [-0.39, 0.29) is 5.82 Å². The van der Waals surface area contributed by atoms with Gasteiger partial charge in [0.15, 0.2) is 5.58 Å². The SMILES string of the molecule is Fc1ccccc1-c1ccc2nc(-c3cccc(OCC4CC4)c3)oc2c1. The summed E-state index contributed by atoms with van der Waals surface area (Å²) in [6.07, 6.45) is 2.52. The zero-order valence-electron chi connectivity index (χ0n) is 14.7. The quantitative estimate of drug-likeness (QED) is 0.432. The lowest BCUT2D eigenvalue weighted by Crippen LogP contribution is -1.98. The van der Waals surface area contributed by atoms with Crippen molar-refractivity contribution in [3.05, 3.63) is 72.5 Å². The molecule has 27 heavy (non-hydrogen) atoms. The molecule has 0 amide bonds. The van der Waals surface area contributed by atoms with Crippen LogP contribution >= 0.6 is 0 Å². The highest BCUT2D eigenvalue weighted by atomic mass is 19.1. The van der Waals surface area contributed by atoms with E-state index in [1.165, 1.54) is 18.9 Å². The largest absolute Gasteiger partial charge is 0.493 e. The Morgan fingerprint density at radius 2 is 1.85 bits per heavy atom. The molecule has 0 saturated heterocycles. The third-order valence-electron chi connectivity index (χ3n) is 4.84. The van der Waals surface area contributed by atoms with Gasteiger partial charge in [-0.1, -0.05) is 30.3 Å². The molecule has 4 heteroatoms. The minimum Gasteiger partial charge on any atom is -0.493 e. The number of ether oxygens (including phenoxy) is 1. The Morgan fingerprint density at radius 1 is 0.963 bits per heavy atom. The lowest BCUT2D eigenvalue weighted by molar-refractivity contribution is 0.300. The minimum absolute atomic E-state index is 0.253. The van der Waals surface area contributed by atoms with Gasteiger partial charge in [0.1, 0.15) is 17.1 Å². The summed E-state index contributed by atoms with van der Waals surface area (Å²) < 4.78 is 25.9. The number of benzene rings is 3. The fourth-order valence-electron chi connectivity index (χ4n) is 3.13. The number of nitrogens with zero attached hydrogens (tertiary/aromatic N) is 1. The number of hydrogen-bond donors (Lipinski definition) is 0. The monoisotopic (exact) mass is 359 g/mol. The fraction of sp³-hybridized carbons (Fsp3) is 0.174. The maximum atomic E-state index is 14.1. The summed E-state index contributed by atoms with van der Waals surface area (Å²) in [6, 6.07) is 20.1. The van der Waals surface area contributed by atoms with E-state index in [4.69, 9.17) is 9.15 Å². The van der Waals surface area contributed by atoms with Crippen molar-refractivity contribution < 1.29 is 13.5 Å². The molecule has 1 saturated carbocycles. The van der Waals surface area contributed by atoms with Crippen LogP contribution in [0.4, 0.5) is 4.39 Å². The first-order valence-corrected chi connectivity index (χ1v) is 9.15. The van der Waals surface area contributed by atoms with E-state index in [0.29, 0.717) is 23.0 Å². The van der Waals surface area contributed by atoms with Crippen LogP contribution in [0, 0.1) is 11.7 Å². The second-order valence-electron chi connectivity index (χ2n) is 6.96. The summed E-state index contributed by atoms with van der Waals surface area (Å²) in [5, 5.41) is 0. The van der Waals surface area contributed by atoms with Crippen molar-refractivity contribution in [1.29, 1.82) is 0 Å². The molecule has 0 N–H and O–H groups in total. The van der Waals surface area contributed by atoms with Crippen molar-refractivity contribution in [2.45, 2.75) is 12.8 Å². The Morgan fingerprint density at radius 3 is 2.70 bits per heavy atom. The van der Waals surface area contributed by atoms with Crippen LogP contribution in [0.2, 0.25) is 0 Å². The molecule has 1 aliphatic carbocycles. The second kappa shape index (κ2) is 6.54. The first kappa shape index (κ1) is 16.1. The summed E-state index contributed by atoms with van der Waals surface area (Å²) in [6.45, 7) is 0.767. The van der Waals surface area contributed by atoms with E-state index in [1.54, 1.807) is 12.1 Å². The van der Waals surface area contributed by atoms with Gasteiger partial charge in [0, 0.05) is 11.1 Å². The molecule has 134 valence electrons. The van der Waals surface area contributed by atoms with Gasteiger partial charge in [-0.15, -0.1) is 0 Å². The lowest BCUT2D eigenvalue weighted by atomic mass is 10.1. The number of oxazole rings is 1. The summed E-state index contributed by atoms with van der Waals surface area (Å²) >= 11 is 0. The van der Waals surface area contributed by atoms with Crippen LogP contribution in [0.1, 0.15) is 12.8 Å². The zero-order chi connectivity index (χ0) is 18.2. The molecule has 1 fully saturated rings. The van der Waals surface area contributed by atoms with Gasteiger partial charge < -0.3 is 9.15 Å². The van der Waals surface area contributed by atoms with Gasteiger partial charge in [-0.05, 0) is 60.7 Å². The number of rotatable bonds is 5. The first-order chi connectivity index (χ1) is 13.3. The van der Waals surface area contributed by atoms with Crippen LogP contribution in [0.5, 0.6) is 5.75 Å². The highest BCUT2D eigenvalue weighted by Gasteiger charge is 2.22. The predicted octanol–water partition coefficient (Wildman–Crippen LogP) is 6.09. The Bertz CT molecular complexity index is 1110. The third kappa shape index (κ3) is 3.31. The van der Waals surface area contributed by atoms with Crippen molar-refractivity contribution in [3.8, 4) is 28.3 Å². The number of aromatic nitrogens is 1. The van der Waals surface area contributed by atoms with Crippen LogP contribution in [0.15, 0.2) is 71.1 Å². The Labute approximate surface area is 156 Å². The number of fused-ring (bicyclic) bond motifs is 1. The lowest BCUT2D eigenvalue weighted by Gasteiger charge is -2.05. The van der Waals surface area contributed by atoms with Crippen LogP contribution in [-0.4, -0.2) is 11.6 Å². The normalized spacial score (nSPS) is 13.8. The molecule has 0 aliphatic heterocycles. The fourth-order valence-corrected chi connectivity index (χ4v) is 3.13. The van der Waals surface area contributed by atoms with Crippen LogP contribution in [0.25, 0.3) is 33.7 Å². The maximum Gasteiger partial charge on any atom is 0.227 e. The minimum atomic E-state index is -0.253. The molecule has 0 atom stereocenters. The summed E-state index contributed by atoms with van der Waals surface area (Å²) in [7, 11) is 0. The van der Waals surface area contributed by atoms with Gasteiger partial charge in [-0.3, -0.25) is 0 Å². The van der Waals surface area contributed by atoms with Gasteiger partial charge in [0.05, 0.1) is 6.61 Å². The standard InChI is InChI=1S/C23H18FNO2/c24-20-7-2-1-6-19(20)16-10-11-21-22(13-16)27-23(25-21)17-4-3-5-18(12-17)26-14-15-8-9-15/h1-7,10-13,15H,8-9,14H2. The molecular formula is C23H18FNO2. The molecule has 4 aromatic rings. The first-order valence-electron chi connectivity index (χ1n) is 9.15. The highest BCUT2D eigenvalue weighted by molar-refractivity contribution is 5.82. The van der Waals surface area contributed by atoms with Crippen molar-refractivity contribution in [3.63, 3.8) is 0 Å². The average Bonchev–Trinajstić information content (AvgIpc) is 3.43. The summed E-state index contributed by atoms with van der Waals surface area (Å²) in [5.41, 5.74) is 3.56. The smallest absolute Gasteiger partial charge is 0.227 e. The van der Waals surface area contributed by atoms with E-state index < -0.39 is 0 Å². The molecule has 0 bridgehead atoms. The zero-order valence-corrected chi connectivity index (χ0v) is 14.7. The molecule has 1 aliphatic rings. The number of hydrogen-bond acceptors (Lipinski definition) is 3. The van der Waals surface area contributed by atoms with Crippen LogP contribution in [-0.2, 0) is 0 Å². The van der Waals surface area contributed by atoms with Gasteiger partial charge in [0.25, 0.3) is 0 Å². The Hall–Kier alpha value is -3.14.